The molecular weight excluding hydrogens is 524 g/mol. The highest BCUT2D eigenvalue weighted by Gasteiger charge is 2.15. The van der Waals surface area contributed by atoms with Gasteiger partial charge in [0.1, 0.15) is 5.75 Å². The Balaban J connectivity index is 1.39. The average Bonchev–Trinajstić information content (AvgIpc) is 3.00. The van der Waals surface area contributed by atoms with Crippen molar-refractivity contribution in [2.24, 2.45) is 0 Å². The largest absolute Gasteiger partial charge is 0.496 e. The van der Waals surface area contributed by atoms with Crippen LogP contribution in [0.15, 0.2) is 107 Å². The number of amides is 1. The molecule has 0 saturated carbocycles. The molecule has 4 aromatic carbocycles. The molecule has 1 N–H and O–H groups in total. The molecule has 5 aromatic rings. The fraction of sp³-hybridized carbons (Fsp3) is 0.129. The quantitative estimate of drug-likeness (QED) is 0.218. The maximum Gasteiger partial charge on any atom is 0.332 e. The number of nitro groups is 1. The third kappa shape index (κ3) is 5.76. The number of benzene rings is 4. The molecule has 1 amide bonds. The van der Waals surface area contributed by atoms with E-state index >= 15 is 0 Å². The van der Waals surface area contributed by atoms with E-state index in [0.29, 0.717) is 39.9 Å². The smallest absolute Gasteiger partial charge is 0.332 e. The molecule has 206 valence electrons. The van der Waals surface area contributed by atoms with Gasteiger partial charge in [-0.25, -0.2) is 4.79 Å². The van der Waals surface area contributed by atoms with Crippen LogP contribution >= 0.6 is 0 Å². The fourth-order valence-corrected chi connectivity index (χ4v) is 4.64. The topological polar surface area (TPSA) is 125 Å². The first-order chi connectivity index (χ1) is 19.9. The van der Waals surface area contributed by atoms with Crippen LogP contribution < -0.4 is 21.3 Å². The molecular formula is C31H26N4O6. The second-order valence-corrected chi connectivity index (χ2v) is 9.39. The van der Waals surface area contributed by atoms with E-state index in [-0.39, 0.29) is 24.7 Å². The zero-order chi connectivity index (χ0) is 28.9. The molecule has 0 atom stereocenters. The monoisotopic (exact) mass is 550 g/mol. The number of para-hydroxylation sites is 2. The lowest BCUT2D eigenvalue weighted by Crippen LogP contribution is -2.40. The average molecular weight is 551 g/mol. The van der Waals surface area contributed by atoms with Crippen LogP contribution in [0.25, 0.3) is 10.9 Å². The summed E-state index contributed by atoms with van der Waals surface area (Å²) in [5.41, 5.74) is 2.12. The Labute approximate surface area is 234 Å². The van der Waals surface area contributed by atoms with Crippen molar-refractivity contribution in [2.75, 3.05) is 7.11 Å². The molecule has 1 heterocycles. The number of nitrogens with one attached hydrogen (secondary N) is 1. The van der Waals surface area contributed by atoms with Crippen molar-refractivity contribution in [3.63, 3.8) is 0 Å². The van der Waals surface area contributed by atoms with Gasteiger partial charge < -0.3 is 10.1 Å². The minimum absolute atomic E-state index is 0.00583. The SMILES string of the molecule is COc1ccccc1CNC(=O)c1ccc(Cn2c(=O)c3ccccc3n(Cc3ccc([N+](=O)[O-])cc3)c2=O)cc1. The minimum Gasteiger partial charge on any atom is -0.496 e. The Bertz CT molecular complexity index is 1860. The molecule has 0 aliphatic carbocycles. The molecule has 0 spiro atoms. The van der Waals surface area contributed by atoms with Gasteiger partial charge in [0.2, 0.25) is 0 Å². The van der Waals surface area contributed by atoms with Crippen LogP contribution in [-0.2, 0) is 19.6 Å². The van der Waals surface area contributed by atoms with E-state index in [9.17, 15) is 24.5 Å². The standard InChI is InChI=1S/C31H26N4O6/c1-41-28-9-5-2-6-24(28)18-32-29(36)23-14-10-21(11-15-23)20-34-30(37)26-7-3-4-8-27(26)33(31(34)38)19-22-12-16-25(17-13-22)35(39)40/h2-17H,18-20H2,1H3,(H,32,36). The maximum atomic E-state index is 13.6. The Morgan fingerprint density at radius 3 is 2.12 bits per heavy atom. The lowest BCUT2D eigenvalue weighted by atomic mass is 10.1. The van der Waals surface area contributed by atoms with E-state index < -0.39 is 16.2 Å². The van der Waals surface area contributed by atoms with Gasteiger partial charge in [0.15, 0.2) is 0 Å². The van der Waals surface area contributed by atoms with Gasteiger partial charge in [0.25, 0.3) is 17.2 Å². The van der Waals surface area contributed by atoms with Crippen LogP contribution in [0.4, 0.5) is 5.69 Å². The molecule has 0 fully saturated rings. The number of aromatic nitrogens is 2. The number of methoxy groups -OCH3 is 1. The van der Waals surface area contributed by atoms with Gasteiger partial charge >= 0.3 is 5.69 Å². The van der Waals surface area contributed by atoms with Gasteiger partial charge in [-0.15, -0.1) is 0 Å². The van der Waals surface area contributed by atoms with Crippen molar-refractivity contribution in [1.29, 1.82) is 0 Å². The lowest BCUT2D eigenvalue weighted by Gasteiger charge is -2.14. The highest BCUT2D eigenvalue weighted by atomic mass is 16.6. The zero-order valence-corrected chi connectivity index (χ0v) is 22.2. The Morgan fingerprint density at radius 1 is 0.829 bits per heavy atom. The van der Waals surface area contributed by atoms with E-state index in [1.807, 2.05) is 24.3 Å². The normalized spacial score (nSPS) is 10.9. The summed E-state index contributed by atoms with van der Waals surface area (Å²) in [6.07, 6.45) is 0. The number of ether oxygens (including phenoxy) is 1. The zero-order valence-electron chi connectivity index (χ0n) is 22.2. The van der Waals surface area contributed by atoms with Gasteiger partial charge in [0, 0.05) is 29.8 Å². The van der Waals surface area contributed by atoms with E-state index in [1.165, 1.54) is 16.7 Å². The first-order valence-corrected chi connectivity index (χ1v) is 12.8. The maximum absolute atomic E-state index is 13.6. The van der Waals surface area contributed by atoms with Crippen LogP contribution in [-0.4, -0.2) is 27.1 Å². The van der Waals surface area contributed by atoms with Crippen molar-refractivity contribution in [3.05, 3.63) is 150 Å². The highest BCUT2D eigenvalue weighted by Crippen LogP contribution is 2.18. The molecule has 5 rings (SSSR count). The molecule has 41 heavy (non-hydrogen) atoms. The summed E-state index contributed by atoms with van der Waals surface area (Å²) in [7, 11) is 1.57. The van der Waals surface area contributed by atoms with Crippen molar-refractivity contribution in [3.8, 4) is 5.75 Å². The molecule has 0 bridgehead atoms. The molecule has 0 aliphatic heterocycles. The first kappa shape index (κ1) is 27.1. The summed E-state index contributed by atoms with van der Waals surface area (Å²) in [5.74, 6) is 0.416. The van der Waals surface area contributed by atoms with E-state index in [4.69, 9.17) is 4.74 Å². The van der Waals surface area contributed by atoms with Gasteiger partial charge in [-0.1, -0.05) is 54.6 Å². The number of carbonyl (C=O) groups excluding carboxylic acids is 1. The van der Waals surface area contributed by atoms with E-state index in [0.717, 1.165) is 10.1 Å². The molecule has 10 heteroatoms. The van der Waals surface area contributed by atoms with E-state index in [2.05, 4.69) is 5.32 Å². The third-order valence-electron chi connectivity index (χ3n) is 6.81. The lowest BCUT2D eigenvalue weighted by molar-refractivity contribution is -0.384. The van der Waals surface area contributed by atoms with Crippen LogP contribution in [0.1, 0.15) is 27.0 Å². The predicted octanol–water partition coefficient (Wildman–Crippen LogP) is 4.11. The number of rotatable bonds is 9. The van der Waals surface area contributed by atoms with Gasteiger partial charge in [-0.3, -0.25) is 28.8 Å². The summed E-state index contributed by atoms with van der Waals surface area (Å²) < 4.78 is 7.97. The number of fused-ring (bicyclic) bond motifs is 1. The molecule has 0 aliphatic rings. The van der Waals surface area contributed by atoms with Gasteiger partial charge in [-0.05, 0) is 41.5 Å². The van der Waals surface area contributed by atoms with Crippen LogP contribution in [0.5, 0.6) is 5.75 Å². The number of hydrogen-bond donors (Lipinski definition) is 1. The Morgan fingerprint density at radius 2 is 1.44 bits per heavy atom. The summed E-state index contributed by atoms with van der Waals surface area (Å²) in [6, 6.07) is 26.9. The van der Waals surface area contributed by atoms with E-state index in [1.54, 1.807) is 67.8 Å². The molecule has 0 radical (unpaired) electrons. The second-order valence-electron chi connectivity index (χ2n) is 9.39. The van der Waals surface area contributed by atoms with Crippen molar-refractivity contribution in [1.82, 2.24) is 14.5 Å². The van der Waals surface area contributed by atoms with Gasteiger partial charge in [0.05, 0.1) is 36.0 Å². The van der Waals surface area contributed by atoms with Crippen molar-refractivity contribution in [2.45, 2.75) is 19.6 Å². The second kappa shape index (κ2) is 11.7. The van der Waals surface area contributed by atoms with Crippen LogP contribution in [0, 0.1) is 10.1 Å². The van der Waals surface area contributed by atoms with Crippen molar-refractivity contribution >= 4 is 22.5 Å². The summed E-state index contributed by atoms with van der Waals surface area (Å²) in [5, 5.41) is 14.3. The minimum atomic E-state index is -0.509. The summed E-state index contributed by atoms with van der Waals surface area (Å²) in [4.78, 5) is 50.2. The number of hydrogen-bond acceptors (Lipinski definition) is 6. The predicted molar refractivity (Wildman–Crippen MR) is 154 cm³/mol. The van der Waals surface area contributed by atoms with Crippen molar-refractivity contribution < 1.29 is 14.5 Å². The molecule has 10 nitrogen and oxygen atoms in total. The number of non-ortho nitro benzene ring substituents is 1. The third-order valence-corrected chi connectivity index (χ3v) is 6.81. The Kier molecular flexibility index (Phi) is 7.73. The summed E-state index contributed by atoms with van der Waals surface area (Å²) in [6.45, 7) is 0.431. The van der Waals surface area contributed by atoms with Crippen LogP contribution in [0.3, 0.4) is 0 Å². The molecule has 0 saturated heterocycles. The summed E-state index contributed by atoms with van der Waals surface area (Å²) >= 11 is 0. The highest BCUT2D eigenvalue weighted by molar-refractivity contribution is 5.94. The number of carbonyl (C=O) groups is 1. The fourth-order valence-electron chi connectivity index (χ4n) is 4.64. The van der Waals surface area contributed by atoms with Crippen LogP contribution in [0.2, 0.25) is 0 Å². The first-order valence-electron chi connectivity index (χ1n) is 12.8. The molecule has 1 aromatic heterocycles. The number of nitro benzene ring substituents is 1. The molecule has 0 unspecified atom stereocenters. The number of nitrogens with zero attached hydrogens (tertiary/aromatic N) is 3. The Hall–Kier alpha value is -5.51. The van der Waals surface area contributed by atoms with Gasteiger partial charge in [-0.2, -0.15) is 0 Å².